The fourth-order valence-corrected chi connectivity index (χ4v) is 5.36. The molecular weight excluding hydrogens is 484 g/mol. The summed E-state index contributed by atoms with van der Waals surface area (Å²) >= 11 is 7.28. The molecule has 1 aliphatic heterocycles. The van der Waals surface area contributed by atoms with Gasteiger partial charge in [0, 0.05) is 65.0 Å². The number of piperazine rings is 1. The zero-order valence-electron chi connectivity index (χ0n) is 18.6. The number of nitro benzene ring substituents is 1. The Morgan fingerprint density at radius 2 is 1.69 bits per heavy atom. The van der Waals surface area contributed by atoms with Crippen LogP contribution in [0.4, 0.5) is 11.4 Å². The van der Waals surface area contributed by atoms with Crippen molar-refractivity contribution in [2.75, 3.05) is 31.1 Å². The van der Waals surface area contributed by atoms with E-state index in [-0.39, 0.29) is 16.5 Å². The molecule has 176 valence electrons. The Labute approximate surface area is 211 Å². The number of benzene rings is 3. The fourth-order valence-electron chi connectivity index (χ4n) is 4.15. The first-order valence-electron chi connectivity index (χ1n) is 11.1. The summed E-state index contributed by atoms with van der Waals surface area (Å²) in [5, 5.41) is 13.3. The van der Waals surface area contributed by atoms with Crippen molar-refractivity contribution in [2.24, 2.45) is 0 Å². The van der Waals surface area contributed by atoms with Crippen molar-refractivity contribution < 1.29 is 9.72 Å². The maximum atomic E-state index is 12.8. The number of rotatable bonds is 5. The highest BCUT2D eigenvalue weighted by Crippen LogP contribution is 2.39. The molecule has 1 amide bonds. The molecule has 5 rings (SSSR count). The highest BCUT2D eigenvalue weighted by atomic mass is 35.5. The third kappa shape index (κ3) is 4.94. The minimum atomic E-state index is -0.354. The smallest absolute Gasteiger partial charge is 0.283 e. The summed E-state index contributed by atoms with van der Waals surface area (Å²) in [6.07, 6.45) is 1.72. The number of nitrogens with zero attached hydrogens (tertiary/aromatic N) is 4. The van der Waals surface area contributed by atoms with Gasteiger partial charge in [-0.1, -0.05) is 41.6 Å². The molecular formula is C26H21ClN4O3S. The standard InChI is InChI=1S/C26H21ClN4O3S/c27-20-8-6-19(7-9-20)26(32)30-15-13-29(14-16-30)21-10-11-22(31(33)34)24(17-21)35-23-5-1-3-18-4-2-12-28-25(18)23/h1-12,17H,13-16H2. The lowest BCUT2D eigenvalue weighted by atomic mass is 10.1. The third-order valence-corrected chi connectivity index (χ3v) is 7.33. The van der Waals surface area contributed by atoms with Gasteiger partial charge in [-0.05, 0) is 48.5 Å². The van der Waals surface area contributed by atoms with E-state index in [1.54, 1.807) is 42.6 Å². The predicted octanol–water partition coefficient (Wildman–Crippen LogP) is 5.91. The lowest BCUT2D eigenvalue weighted by Gasteiger charge is -2.36. The first-order valence-corrected chi connectivity index (χ1v) is 12.3. The van der Waals surface area contributed by atoms with E-state index in [9.17, 15) is 14.9 Å². The number of hydrogen-bond acceptors (Lipinski definition) is 6. The van der Waals surface area contributed by atoms with E-state index in [1.807, 2.05) is 41.3 Å². The highest BCUT2D eigenvalue weighted by molar-refractivity contribution is 7.99. The molecule has 0 unspecified atom stereocenters. The Kier molecular flexibility index (Phi) is 6.57. The number of para-hydroxylation sites is 1. The van der Waals surface area contributed by atoms with Crippen LogP contribution in [0.2, 0.25) is 5.02 Å². The second kappa shape index (κ2) is 9.93. The second-order valence-electron chi connectivity index (χ2n) is 8.13. The lowest BCUT2D eigenvalue weighted by Crippen LogP contribution is -2.48. The SMILES string of the molecule is O=C(c1ccc(Cl)cc1)N1CCN(c2ccc([N+](=O)[O-])c(Sc3cccc4cccnc34)c2)CC1. The van der Waals surface area contributed by atoms with E-state index in [1.165, 1.54) is 11.8 Å². The Morgan fingerprint density at radius 1 is 0.943 bits per heavy atom. The number of pyridine rings is 1. The number of anilines is 1. The van der Waals surface area contributed by atoms with Crippen LogP contribution in [0.3, 0.4) is 0 Å². The summed E-state index contributed by atoms with van der Waals surface area (Å²) in [5.41, 5.74) is 2.38. The van der Waals surface area contributed by atoms with Crippen molar-refractivity contribution in [1.29, 1.82) is 0 Å². The number of halogens is 1. The average molecular weight is 505 g/mol. The van der Waals surface area contributed by atoms with E-state index in [0.29, 0.717) is 41.7 Å². The minimum Gasteiger partial charge on any atom is -0.368 e. The van der Waals surface area contributed by atoms with Gasteiger partial charge in [0.25, 0.3) is 11.6 Å². The quantitative estimate of drug-likeness (QED) is 0.248. The molecule has 1 saturated heterocycles. The van der Waals surface area contributed by atoms with E-state index in [4.69, 9.17) is 11.6 Å². The summed E-state index contributed by atoms with van der Waals surface area (Å²) < 4.78 is 0. The van der Waals surface area contributed by atoms with Crippen LogP contribution in [0, 0.1) is 10.1 Å². The normalized spacial score (nSPS) is 13.7. The summed E-state index contributed by atoms with van der Waals surface area (Å²) in [5.74, 6) is -0.0234. The number of aromatic nitrogens is 1. The number of carbonyl (C=O) groups excluding carboxylic acids is 1. The van der Waals surface area contributed by atoms with Crippen LogP contribution in [0.15, 0.2) is 88.8 Å². The van der Waals surface area contributed by atoms with Crippen molar-refractivity contribution in [3.8, 4) is 0 Å². The molecule has 7 nitrogen and oxygen atoms in total. The Balaban J connectivity index is 1.36. The maximum absolute atomic E-state index is 12.8. The Hall–Kier alpha value is -3.62. The van der Waals surface area contributed by atoms with Gasteiger partial charge >= 0.3 is 0 Å². The summed E-state index contributed by atoms with van der Waals surface area (Å²) in [7, 11) is 0. The Bertz CT molecular complexity index is 1400. The molecule has 3 aromatic carbocycles. The monoisotopic (exact) mass is 504 g/mol. The van der Waals surface area contributed by atoms with Gasteiger partial charge in [-0.3, -0.25) is 19.9 Å². The second-order valence-corrected chi connectivity index (χ2v) is 9.65. The summed E-state index contributed by atoms with van der Waals surface area (Å²) in [6, 6.07) is 21.8. The molecule has 1 fully saturated rings. The molecule has 35 heavy (non-hydrogen) atoms. The van der Waals surface area contributed by atoms with Crippen LogP contribution in [0.25, 0.3) is 10.9 Å². The lowest BCUT2D eigenvalue weighted by molar-refractivity contribution is -0.387. The summed E-state index contributed by atoms with van der Waals surface area (Å²) in [6.45, 7) is 2.40. The minimum absolute atomic E-state index is 0.0234. The molecule has 0 N–H and O–H groups in total. The van der Waals surface area contributed by atoms with Crippen molar-refractivity contribution in [3.05, 3.63) is 99.7 Å². The van der Waals surface area contributed by atoms with E-state index >= 15 is 0 Å². The van der Waals surface area contributed by atoms with Crippen LogP contribution in [-0.4, -0.2) is 46.9 Å². The third-order valence-electron chi connectivity index (χ3n) is 5.98. The molecule has 9 heteroatoms. The number of nitro groups is 1. The zero-order chi connectivity index (χ0) is 24.4. The number of carbonyl (C=O) groups is 1. The number of hydrogen-bond donors (Lipinski definition) is 0. The van der Waals surface area contributed by atoms with Gasteiger partial charge in [-0.25, -0.2) is 0 Å². The van der Waals surface area contributed by atoms with Crippen molar-refractivity contribution in [3.63, 3.8) is 0 Å². The molecule has 2 heterocycles. The van der Waals surface area contributed by atoms with Gasteiger partial charge in [0.1, 0.15) is 0 Å². The average Bonchev–Trinajstić information content (AvgIpc) is 2.89. The van der Waals surface area contributed by atoms with Crippen LogP contribution in [0.1, 0.15) is 10.4 Å². The van der Waals surface area contributed by atoms with Crippen LogP contribution in [0.5, 0.6) is 0 Å². The maximum Gasteiger partial charge on any atom is 0.283 e. The highest BCUT2D eigenvalue weighted by Gasteiger charge is 2.24. The van der Waals surface area contributed by atoms with Crippen molar-refractivity contribution in [2.45, 2.75) is 9.79 Å². The van der Waals surface area contributed by atoms with Gasteiger partial charge in [0.05, 0.1) is 15.3 Å². The largest absolute Gasteiger partial charge is 0.368 e. The van der Waals surface area contributed by atoms with Crippen LogP contribution in [-0.2, 0) is 0 Å². The van der Waals surface area contributed by atoms with Crippen LogP contribution < -0.4 is 4.90 Å². The molecule has 1 aromatic heterocycles. The molecule has 0 atom stereocenters. The topological polar surface area (TPSA) is 79.6 Å². The van der Waals surface area contributed by atoms with Gasteiger partial charge in [0.15, 0.2) is 0 Å². The van der Waals surface area contributed by atoms with Gasteiger partial charge in [0.2, 0.25) is 0 Å². The van der Waals surface area contributed by atoms with Gasteiger partial charge in [-0.2, -0.15) is 0 Å². The molecule has 4 aromatic rings. The molecule has 1 aliphatic rings. The van der Waals surface area contributed by atoms with Gasteiger partial charge < -0.3 is 9.80 Å². The zero-order valence-corrected chi connectivity index (χ0v) is 20.2. The first-order chi connectivity index (χ1) is 17.0. The fraction of sp³-hybridized carbons (Fsp3) is 0.154. The van der Waals surface area contributed by atoms with Gasteiger partial charge in [-0.15, -0.1) is 0 Å². The first kappa shape index (κ1) is 23.1. The summed E-state index contributed by atoms with van der Waals surface area (Å²) in [4.78, 5) is 34.1. The van der Waals surface area contributed by atoms with Crippen molar-refractivity contribution >= 4 is 51.5 Å². The molecule has 0 spiro atoms. The van der Waals surface area contributed by atoms with Crippen molar-refractivity contribution in [1.82, 2.24) is 9.88 Å². The van der Waals surface area contributed by atoms with Crippen LogP contribution >= 0.6 is 23.4 Å². The van der Waals surface area contributed by atoms with E-state index < -0.39 is 0 Å². The Morgan fingerprint density at radius 3 is 2.43 bits per heavy atom. The number of fused-ring (bicyclic) bond motifs is 1. The molecule has 0 bridgehead atoms. The molecule has 0 saturated carbocycles. The molecule has 0 radical (unpaired) electrons. The molecule has 0 aliphatic carbocycles. The van der Waals surface area contributed by atoms with E-state index in [0.717, 1.165) is 21.5 Å². The van der Waals surface area contributed by atoms with E-state index in [2.05, 4.69) is 9.88 Å². The predicted molar refractivity (Wildman–Crippen MR) is 139 cm³/mol. The number of amides is 1.